The molecule has 86 valence electrons. The lowest BCUT2D eigenvalue weighted by Crippen LogP contribution is -1.89. The summed E-state index contributed by atoms with van der Waals surface area (Å²) in [5.74, 6) is 0. The Morgan fingerprint density at radius 3 is 2.65 bits per heavy atom. The summed E-state index contributed by atoms with van der Waals surface area (Å²) >= 11 is 0. The van der Waals surface area contributed by atoms with Gasteiger partial charge in [-0.1, -0.05) is 61.9 Å². The quantitative estimate of drug-likeness (QED) is 0.714. The van der Waals surface area contributed by atoms with Gasteiger partial charge in [0.25, 0.3) is 0 Å². The number of hydrogen-bond donors (Lipinski definition) is 0. The molecule has 0 unspecified atom stereocenters. The molecule has 2 aromatic rings. The number of hydrogen-bond acceptors (Lipinski definition) is 1. The van der Waals surface area contributed by atoms with Gasteiger partial charge in [0.05, 0.1) is 0 Å². The van der Waals surface area contributed by atoms with E-state index in [0.717, 1.165) is 35.8 Å². The van der Waals surface area contributed by atoms with Crippen LogP contribution in [0, 0.1) is 0 Å². The third-order valence-corrected chi connectivity index (χ3v) is 2.86. The number of benzene rings is 2. The van der Waals surface area contributed by atoms with Crippen molar-refractivity contribution in [3.63, 3.8) is 0 Å². The van der Waals surface area contributed by atoms with Gasteiger partial charge < -0.3 is 0 Å². The fraction of sp³-hybridized carbons (Fsp3) is 0.188. The first-order valence-electron chi connectivity index (χ1n) is 5.98. The van der Waals surface area contributed by atoms with Crippen molar-refractivity contribution in [3.05, 3.63) is 59.7 Å². The molecular formula is C16H16O. The molecule has 0 heterocycles. The van der Waals surface area contributed by atoms with Gasteiger partial charge in [0.2, 0.25) is 0 Å². The van der Waals surface area contributed by atoms with Gasteiger partial charge in [-0.2, -0.15) is 0 Å². The molecule has 2 rings (SSSR count). The van der Waals surface area contributed by atoms with E-state index in [1.54, 1.807) is 0 Å². The molecule has 0 aromatic heterocycles. The molecule has 0 radical (unpaired) electrons. The average Bonchev–Trinajstić information content (AvgIpc) is 2.39. The van der Waals surface area contributed by atoms with Crippen molar-refractivity contribution in [1.82, 2.24) is 0 Å². The van der Waals surface area contributed by atoms with Gasteiger partial charge >= 0.3 is 0 Å². The zero-order valence-electron chi connectivity index (χ0n) is 10.0. The zero-order chi connectivity index (χ0) is 12.1. The Labute approximate surface area is 102 Å². The first-order valence-corrected chi connectivity index (χ1v) is 5.98. The third-order valence-electron chi connectivity index (χ3n) is 2.86. The predicted octanol–water partition coefficient (Wildman–Crippen LogP) is 4.12. The second kappa shape index (κ2) is 5.44. The van der Waals surface area contributed by atoms with Gasteiger partial charge in [0.1, 0.15) is 0 Å². The smallest absolute Gasteiger partial charge is 0.150 e. The van der Waals surface area contributed by atoms with Crippen molar-refractivity contribution in [2.75, 3.05) is 0 Å². The molecule has 0 bridgehead atoms. The Kier molecular flexibility index (Phi) is 3.71. The molecule has 0 N–H and O–H groups in total. The van der Waals surface area contributed by atoms with Crippen LogP contribution in [0.2, 0.25) is 0 Å². The molecule has 0 fully saturated rings. The molecular weight excluding hydrogens is 208 g/mol. The van der Waals surface area contributed by atoms with Gasteiger partial charge in [-0.15, -0.1) is 0 Å². The molecule has 0 amide bonds. The highest BCUT2D eigenvalue weighted by Crippen LogP contribution is 2.23. The van der Waals surface area contributed by atoms with E-state index in [4.69, 9.17) is 0 Å². The van der Waals surface area contributed by atoms with Crippen molar-refractivity contribution in [2.45, 2.75) is 19.8 Å². The fourth-order valence-corrected chi connectivity index (χ4v) is 2.05. The SMILES string of the molecule is CCCc1cccc(-c2ccccc2C=O)c1. The van der Waals surface area contributed by atoms with Crippen LogP contribution < -0.4 is 0 Å². The minimum absolute atomic E-state index is 0.751. The van der Waals surface area contributed by atoms with E-state index in [1.807, 2.05) is 24.3 Å². The van der Waals surface area contributed by atoms with E-state index < -0.39 is 0 Å². The summed E-state index contributed by atoms with van der Waals surface area (Å²) in [7, 11) is 0. The monoisotopic (exact) mass is 224 g/mol. The summed E-state index contributed by atoms with van der Waals surface area (Å²) in [4.78, 5) is 11.0. The van der Waals surface area contributed by atoms with E-state index in [-0.39, 0.29) is 0 Å². The average molecular weight is 224 g/mol. The molecule has 2 aromatic carbocycles. The van der Waals surface area contributed by atoms with Crippen molar-refractivity contribution in [1.29, 1.82) is 0 Å². The lowest BCUT2D eigenvalue weighted by molar-refractivity contribution is 0.112. The molecule has 0 aliphatic carbocycles. The Balaban J connectivity index is 2.45. The highest BCUT2D eigenvalue weighted by atomic mass is 16.1. The lowest BCUT2D eigenvalue weighted by Gasteiger charge is -2.07. The molecule has 1 heteroatoms. The predicted molar refractivity (Wildman–Crippen MR) is 71.3 cm³/mol. The van der Waals surface area contributed by atoms with E-state index in [2.05, 4.69) is 31.2 Å². The second-order valence-electron chi connectivity index (χ2n) is 4.16. The molecule has 1 nitrogen and oxygen atoms in total. The van der Waals surface area contributed by atoms with Crippen LogP contribution in [0.4, 0.5) is 0 Å². The summed E-state index contributed by atoms with van der Waals surface area (Å²) in [6, 6.07) is 16.1. The standard InChI is InChI=1S/C16H16O/c1-2-6-13-7-5-9-14(11-13)16-10-4-3-8-15(16)12-17/h3-5,7-12H,2,6H2,1H3. The Bertz CT molecular complexity index is 514. The van der Waals surface area contributed by atoms with Crippen molar-refractivity contribution in [2.24, 2.45) is 0 Å². The maximum absolute atomic E-state index is 11.0. The first kappa shape index (κ1) is 11.6. The minimum Gasteiger partial charge on any atom is -0.298 e. The molecule has 0 saturated heterocycles. The molecule has 0 saturated carbocycles. The third kappa shape index (κ3) is 2.62. The van der Waals surface area contributed by atoms with Gasteiger partial charge in [0.15, 0.2) is 6.29 Å². The number of aldehydes is 1. The van der Waals surface area contributed by atoms with E-state index in [1.165, 1.54) is 5.56 Å². The Hall–Kier alpha value is -1.89. The Morgan fingerprint density at radius 1 is 1.06 bits per heavy atom. The summed E-state index contributed by atoms with van der Waals surface area (Å²) in [6.07, 6.45) is 3.14. The first-order chi connectivity index (χ1) is 8.35. The van der Waals surface area contributed by atoms with Gasteiger partial charge in [-0.3, -0.25) is 4.79 Å². The minimum atomic E-state index is 0.751. The highest BCUT2D eigenvalue weighted by molar-refractivity contribution is 5.87. The van der Waals surface area contributed by atoms with Crippen LogP contribution in [0.25, 0.3) is 11.1 Å². The van der Waals surface area contributed by atoms with Gasteiger partial charge in [-0.05, 0) is 23.1 Å². The van der Waals surface area contributed by atoms with Gasteiger partial charge in [-0.25, -0.2) is 0 Å². The van der Waals surface area contributed by atoms with Crippen LogP contribution in [0.15, 0.2) is 48.5 Å². The normalized spacial score (nSPS) is 10.2. The van der Waals surface area contributed by atoms with Crippen LogP contribution in [0.3, 0.4) is 0 Å². The number of aryl methyl sites for hydroxylation is 1. The summed E-state index contributed by atoms with van der Waals surface area (Å²) in [5, 5.41) is 0. The number of carbonyl (C=O) groups is 1. The number of rotatable bonds is 4. The highest BCUT2D eigenvalue weighted by Gasteiger charge is 2.03. The van der Waals surface area contributed by atoms with Crippen LogP contribution in [-0.2, 0) is 6.42 Å². The van der Waals surface area contributed by atoms with E-state index in [0.29, 0.717) is 0 Å². The maximum Gasteiger partial charge on any atom is 0.150 e. The second-order valence-corrected chi connectivity index (χ2v) is 4.16. The van der Waals surface area contributed by atoms with E-state index >= 15 is 0 Å². The molecule has 0 spiro atoms. The summed E-state index contributed by atoms with van der Waals surface area (Å²) in [5.41, 5.74) is 4.21. The van der Waals surface area contributed by atoms with E-state index in [9.17, 15) is 4.79 Å². The van der Waals surface area contributed by atoms with Crippen LogP contribution in [0.1, 0.15) is 29.3 Å². The van der Waals surface area contributed by atoms with Crippen LogP contribution in [0.5, 0.6) is 0 Å². The van der Waals surface area contributed by atoms with Crippen molar-refractivity contribution < 1.29 is 4.79 Å². The maximum atomic E-state index is 11.0. The summed E-state index contributed by atoms with van der Waals surface area (Å²) in [6.45, 7) is 2.17. The molecule has 0 aliphatic heterocycles. The number of carbonyl (C=O) groups excluding carboxylic acids is 1. The van der Waals surface area contributed by atoms with Crippen molar-refractivity contribution in [3.8, 4) is 11.1 Å². The fourth-order valence-electron chi connectivity index (χ4n) is 2.05. The van der Waals surface area contributed by atoms with Crippen LogP contribution >= 0.6 is 0 Å². The Morgan fingerprint density at radius 2 is 1.88 bits per heavy atom. The summed E-state index contributed by atoms with van der Waals surface area (Å²) < 4.78 is 0. The van der Waals surface area contributed by atoms with Gasteiger partial charge in [0, 0.05) is 5.56 Å². The molecule has 0 aliphatic rings. The zero-order valence-corrected chi connectivity index (χ0v) is 10.0. The van der Waals surface area contributed by atoms with Crippen LogP contribution in [-0.4, -0.2) is 6.29 Å². The molecule has 17 heavy (non-hydrogen) atoms. The lowest BCUT2D eigenvalue weighted by atomic mass is 9.98. The molecule has 0 atom stereocenters. The topological polar surface area (TPSA) is 17.1 Å². The van der Waals surface area contributed by atoms with Crippen molar-refractivity contribution >= 4 is 6.29 Å². The largest absolute Gasteiger partial charge is 0.298 e.